The first-order chi connectivity index (χ1) is 11.2. The summed E-state index contributed by atoms with van der Waals surface area (Å²) in [6.07, 6.45) is -4.31. The molecule has 0 N–H and O–H groups in total. The Hall–Kier alpha value is -2.69. The minimum Gasteiger partial charge on any atom is -0.429 e. The fourth-order valence-corrected chi connectivity index (χ4v) is 2.02. The van der Waals surface area contributed by atoms with Crippen LogP contribution in [0.5, 0.6) is 5.75 Å². The van der Waals surface area contributed by atoms with Gasteiger partial charge in [0.1, 0.15) is 46.2 Å². The largest absolute Gasteiger partial charge is 0.432 e. The maximum atomic E-state index is 14.0. The third kappa shape index (κ3) is 3.30. The van der Waals surface area contributed by atoms with Gasteiger partial charge in [-0.15, -0.1) is 0 Å². The van der Waals surface area contributed by atoms with E-state index in [4.69, 9.17) is 5.26 Å². The van der Waals surface area contributed by atoms with Crippen molar-refractivity contribution in [2.75, 3.05) is 0 Å². The predicted molar refractivity (Wildman–Crippen MR) is 71.3 cm³/mol. The van der Waals surface area contributed by atoms with Crippen molar-refractivity contribution >= 4 is 0 Å². The van der Waals surface area contributed by atoms with Crippen molar-refractivity contribution in [1.29, 1.82) is 5.26 Å². The molecule has 2 aromatic rings. The second kappa shape index (κ2) is 6.43. The summed E-state index contributed by atoms with van der Waals surface area (Å²) in [7, 11) is 0. The average molecular weight is 345 g/mol. The van der Waals surface area contributed by atoms with E-state index < -0.39 is 46.3 Å². The Balaban J connectivity index is 2.45. The van der Waals surface area contributed by atoms with Crippen LogP contribution in [0.25, 0.3) is 0 Å². The summed E-state index contributed by atoms with van der Waals surface area (Å²) in [5.41, 5.74) is -2.51. The number of halogens is 6. The minimum atomic E-state index is -4.52. The lowest BCUT2D eigenvalue weighted by atomic mass is 10.1. The number of alkyl halides is 2. The molecule has 0 bridgehead atoms. The van der Waals surface area contributed by atoms with Crippen molar-refractivity contribution in [2.24, 2.45) is 0 Å². The van der Waals surface area contributed by atoms with E-state index in [2.05, 4.69) is 4.74 Å². The van der Waals surface area contributed by atoms with Crippen molar-refractivity contribution in [3.8, 4) is 11.8 Å². The summed E-state index contributed by atoms with van der Waals surface area (Å²) >= 11 is 0. The first-order valence-corrected chi connectivity index (χ1v) is 6.64. The van der Waals surface area contributed by atoms with Crippen molar-refractivity contribution in [2.45, 2.75) is 19.5 Å². The molecular formula is C16H9F6NO. The number of hydrogen-bond acceptors (Lipinski definition) is 2. The first kappa shape index (κ1) is 17.7. The Bertz CT molecular complexity index is 782. The van der Waals surface area contributed by atoms with E-state index in [0.717, 1.165) is 12.1 Å². The summed E-state index contributed by atoms with van der Waals surface area (Å²) < 4.78 is 86.5. The highest BCUT2D eigenvalue weighted by Gasteiger charge is 2.41. The van der Waals surface area contributed by atoms with Crippen molar-refractivity contribution in [3.05, 3.63) is 64.2 Å². The lowest BCUT2D eigenvalue weighted by molar-refractivity contribution is -0.189. The van der Waals surface area contributed by atoms with E-state index in [9.17, 15) is 26.3 Å². The van der Waals surface area contributed by atoms with Gasteiger partial charge in [0.05, 0.1) is 0 Å². The van der Waals surface area contributed by atoms with E-state index in [-0.39, 0.29) is 12.0 Å². The maximum Gasteiger partial charge on any atom is 0.432 e. The highest BCUT2D eigenvalue weighted by Crippen LogP contribution is 2.36. The Kier molecular flexibility index (Phi) is 4.73. The molecule has 0 saturated heterocycles. The van der Waals surface area contributed by atoms with Crippen molar-refractivity contribution in [3.63, 3.8) is 0 Å². The summed E-state index contributed by atoms with van der Waals surface area (Å²) in [6, 6.07) is 3.29. The first-order valence-electron chi connectivity index (χ1n) is 6.64. The number of rotatable bonds is 4. The van der Waals surface area contributed by atoms with E-state index in [1.807, 2.05) is 0 Å². The maximum absolute atomic E-state index is 14.0. The highest BCUT2D eigenvalue weighted by molar-refractivity contribution is 5.38. The Morgan fingerprint density at radius 2 is 1.46 bits per heavy atom. The molecule has 0 unspecified atom stereocenters. The topological polar surface area (TPSA) is 33.0 Å². The van der Waals surface area contributed by atoms with Crippen molar-refractivity contribution < 1.29 is 31.1 Å². The summed E-state index contributed by atoms with van der Waals surface area (Å²) in [6.45, 7) is 1.57. The van der Waals surface area contributed by atoms with Crippen molar-refractivity contribution in [1.82, 2.24) is 0 Å². The normalized spacial score (nSPS) is 11.2. The zero-order chi connectivity index (χ0) is 18.1. The molecular weight excluding hydrogens is 336 g/mol. The van der Waals surface area contributed by atoms with E-state index in [1.54, 1.807) is 6.92 Å². The molecule has 24 heavy (non-hydrogen) atoms. The predicted octanol–water partition coefficient (Wildman–Crippen LogP) is 4.81. The molecule has 0 aliphatic heterocycles. The van der Waals surface area contributed by atoms with Gasteiger partial charge in [0.2, 0.25) is 0 Å². The van der Waals surface area contributed by atoms with E-state index in [0.29, 0.717) is 12.1 Å². The zero-order valence-electron chi connectivity index (χ0n) is 12.1. The fourth-order valence-electron chi connectivity index (χ4n) is 2.02. The SMILES string of the molecule is CCc1cc(F)c(C(F)(F)Oc2cc(F)c(C#N)c(F)c2)c(F)c1. The van der Waals surface area contributed by atoms with Gasteiger partial charge in [-0.2, -0.15) is 14.0 Å². The number of hydrogen-bond donors (Lipinski definition) is 0. The van der Waals surface area contributed by atoms with Crippen LogP contribution in [0.1, 0.15) is 23.6 Å². The number of nitriles is 1. The Morgan fingerprint density at radius 1 is 0.958 bits per heavy atom. The van der Waals surface area contributed by atoms with Crippen LogP contribution in [0.3, 0.4) is 0 Å². The number of aryl methyl sites for hydroxylation is 1. The van der Waals surface area contributed by atoms with Gasteiger partial charge in [-0.05, 0) is 24.1 Å². The standard InChI is InChI=1S/C16H9F6NO/c1-2-8-3-13(19)15(14(20)4-8)16(21,22)24-9-5-11(17)10(7-23)12(18)6-9/h3-6H,2H2,1H3. The van der Waals surface area contributed by atoms with Gasteiger partial charge in [0.25, 0.3) is 0 Å². The molecule has 8 heteroatoms. The van der Waals surface area contributed by atoms with Gasteiger partial charge in [-0.3, -0.25) is 0 Å². The van der Waals surface area contributed by atoms with Gasteiger partial charge in [-0.1, -0.05) is 6.92 Å². The summed E-state index contributed by atoms with van der Waals surface area (Å²) in [4.78, 5) is 0. The lowest BCUT2D eigenvalue weighted by Crippen LogP contribution is -2.25. The van der Waals surface area contributed by atoms with Gasteiger partial charge < -0.3 is 4.74 Å². The molecule has 0 radical (unpaired) electrons. The molecule has 0 aliphatic rings. The molecule has 0 aromatic heterocycles. The van der Waals surface area contributed by atoms with Crippen LogP contribution in [0, 0.1) is 34.6 Å². The molecule has 0 saturated carbocycles. The smallest absolute Gasteiger partial charge is 0.429 e. The van der Waals surface area contributed by atoms with E-state index >= 15 is 0 Å². The average Bonchev–Trinajstić information content (AvgIpc) is 2.45. The number of benzene rings is 2. The summed E-state index contributed by atoms with van der Waals surface area (Å²) in [5, 5.41) is 8.50. The molecule has 2 nitrogen and oxygen atoms in total. The highest BCUT2D eigenvalue weighted by atomic mass is 19.3. The number of ether oxygens (including phenoxy) is 1. The Morgan fingerprint density at radius 3 is 1.88 bits per heavy atom. The second-order valence-electron chi connectivity index (χ2n) is 4.78. The van der Waals surface area contributed by atoms with Gasteiger partial charge in [0, 0.05) is 12.1 Å². The monoisotopic (exact) mass is 345 g/mol. The van der Waals surface area contributed by atoms with Crippen LogP contribution in [0.4, 0.5) is 26.3 Å². The van der Waals surface area contributed by atoms with E-state index in [1.165, 1.54) is 6.07 Å². The van der Waals surface area contributed by atoms with Gasteiger partial charge >= 0.3 is 6.11 Å². The van der Waals surface area contributed by atoms with Crippen LogP contribution in [0.2, 0.25) is 0 Å². The molecule has 0 atom stereocenters. The summed E-state index contributed by atoms with van der Waals surface area (Å²) in [5.74, 6) is -7.00. The Labute approximate surface area is 132 Å². The van der Waals surface area contributed by atoms with Crippen LogP contribution in [-0.4, -0.2) is 0 Å². The number of nitrogens with zero attached hydrogens (tertiary/aromatic N) is 1. The molecule has 0 heterocycles. The fraction of sp³-hybridized carbons (Fsp3) is 0.188. The van der Waals surface area contributed by atoms with Gasteiger partial charge in [0.15, 0.2) is 0 Å². The van der Waals surface area contributed by atoms with Gasteiger partial charge in [-0.25, -0.2) is 17.6 Å². The van der Waals surface area contributed by atoms with Crippen LogP contribution in [0.15, 0.2) is 24.3 Å². The third-order valence-electron chi connectivity index (χ3n) is 3.17. The quantitative estimate of drug-likeness (QED) is 0.746. The van der Waals surface area contributed by atoms with Crippen LogP contribution < -0.4 is 4.74 Å². The molecule has 2 aromatic carbocycles. The molecule has 0 aliphatic carbocycles. The molecule has 2 rings (SSSR count). The second-order valence-corrected chi connectivity index (χ2v) is 4.78. The molecule has 0 amide bonds. The minimum absolute atomic E-state index is 0.153. The zero-order valence-corrected chi connectivity index (χ0v) is 12.1. The third-order valence-corrected chi connectivity index (χ3v) is 3.17. The van der Waals surface area contributed by atoms with Crippen LogP contribution in [-0.2, 0) is 12.5 Å². The molecule has 0 spiro atoms. The lowest BCUT2D eigenvalue weighted by Gasteiger charge is -2.20. The van der Waals surface area contributed by atoms with Crippen LogP contribution >= 0.6 is 0 Å². The molecule has 0 fully saturated rings. The molecule has 126 valence electrons.